The molecule has 1 amide bonds. The SMILES string of the molecule is Cc1sc2nc(CSCCNC(=O)c3cccnc3)[nH]c(=O)c2c1C. The Kier molecular flexibility index (Phi) is 5.50. The molecule has 0 bridgehead atoms. The molecule has 0 fully saturated rings. The number of H-pyrrole nitrogens is 1. The van der Waals surface area contributed by atoms with E-state index in [0.717, 1.165) is 21.0 Å². The number of aromatic nitrogens is 3. The van der Waals surface area contributed by atoms with E-state index < -0.39 is 0 Å². The van der Waals surface area contributed by atoms with Gasteiger partial charge in [0.05, 0.1) is 16.7 Å². The average molecular weight is 374 g/mol. The van der Waals surface area contributed by atoms with Crippen molar-refractivity contribution in [2.45, 2.75) is 19.6 Å². The molecule has 3 aromatic heterocycles. The molecule has 25 heavy (non-hydrogen) atoms. The molecule has 130 valence electrons. The van der Waals surface area contributed by atoms with Gasteiger partial charge in [0.25, 0.3) is 11.5 Å². The van der Waals surface area contributed by atoms with Crippen LogP contribution in [0.3, 0.4) is 0 Å². The Bertz CT molecular complexity index is 950. The monoisotopic (exact) mass is 374 g/mol. The summed E-state index contributed by atoms with van der Waals surface area (Å²) >= 11 is 3.16. The molecule has 0 atom stereocenters. The molecule has 2 N–H and O–H groups in total. The molecule has 0 aliphatic carbocycles. The number of thioether (sulfide) groups is 1. The quantitative estimate of drug-likeness (QED) is 0.648. The van der Waals surface area contributed by atoms with Gasteiger partial charge in [-0.3, -0.25) is 14.6 Å². The first-order valence-electron chi connectivity index (χ1n) is 7.81. The van der Waals surface area contributed by atoms with Gasteiger partial charge in [-0.25, -0.2) is 4.98 Å². The Labute approximate surface area is 153 Å². The fourth-order valence-corrected chi connectivity index (χ4v) is 4.14. The van der Waals surface area contributed by atoms with Crippen LogP contribution in [0.5, 0.6) is 0 Å². The van der Waals surface area contributed by atoms with Crippen LogP contribution in [-0.4, -0.2) is 33.2 Å². The van der Waals surface area contributed by atoms with Crippen molar-refractivity contribution in [2.75, 3.05) is 12.3 Å². The maximum Gasteiger partial charge on any atom is 0.259 e. The van der Waals surface area contributed by atoms with E-state index in [0.29, 0.717) is 29.1 Å². The minimum atomic E-state index is -0.133. The van der Waals surface area contributed by atoms with Gasteiger partial charge in [0.2, 0.25) is 0 Å². The zero-order chi connectivity index (χ0) is 17.8. The molecule has 3 aromatic rings. The van der Waals surface area contributed by atoms with Crippen molar-refractivity contribution in [2.24, 2.45) is 0 Å². The molecule has 0 radical (unpaired) electrons. The van der Waals surface area contributed by atoms with E-state index in [-0.39, 0.29) is 11.5 Å². The first-order valence-corrected chi connectivity index (χ1v) is 9.78. The fourth-order valence-electron chi connectivity index (χ4n) is 2.37. The third kappa shape index (κ3) is 4.08. The Morgan fingerprint density at radius 2 is 2.24 bits per heavy atom. The Balaban J connectivity index is 1.52. The van der Waals surface area contributed by atoms with Crippen molar-refractivity contribution in [1.29, 1.82) is 0 Å². The van der Waals surface area contributed by atoms with Crippen molar-refractivity contribution >= 4 is 39.2 Å². The molecule has 0 spiro atoms. The van der Waals surface area contributed by atoms with Crippen LogP contribution in [0.15, 0.2) is 29.3 Å². The molecule has 0 saturated carbocycles. The van der Waals surface area contributed by atoms with Gasteiger partial charge in [-0.15, -0.1) is 11.3 Å². The van der Waals surface area contributed by atoms with E-state index in [1.165, 1.54) is 6.20 Å². The van der Waals surface area contributed by atoms with E-state index in [1.54, 1.807) is 41.4 Å². The second-order valence-corrected chi connectivity index (χ2v) is 7.83. The molecule has 8 heteroatoms. The van der Waals surface area contributed by atoms with Crippen LogP contribution in [-0.2, 0) is 5.75 Å². The van der Waals surface area contributed by atoms with Gasteiger partial charge < -0.3 is 10.3 Å². The largest absolute Gasteiger partial charge is 0.351 e. The van der Waals surface area contributed by atoms with Crippen molar-refractivity contribution in [3.8, 4) is 0 Å². The minimum absolute atomic E-state index is 0.0765. The number of nitrogens with one attached hydrogen (secondary N) is 2. The summed E-state index contributed by atoms with van der Waals surface area (Å²) in [5, 5.41) is 3.54. The van der Waals surface area contributed by atoms with Crippen LogP contribution in [0.1, 0.15) is 26.6 Å². The number of pyridine rings is 1. The third-order valence-corrected chi connectivity index (χ3v) is 5.85. The summed E-state index contributed by atoms with van der Waals surface area (Å²) in [6.07, 6.45) is 3.17. The second kappa shape index (κ2) is 7.79. The first kappa shape index (κ1) is 17.6. The maximum atomic E-state index is 12.2. The smallest absolute Gasteiger partial charge is 0.259 e. The molecule has 3 heterocycles. The highest BCUT2D eigenvalue weighted by molar-refractivity contribution is 7.98. The third-order valence-electron chi connectivity index (χ3n) is 3.78. The molecule has 0 aliphatic heterocycles. The van der Waals surface area contributed by atoms with Gasteiger partial charge in [0.1, 0.15) is 10.7 Å². The topological polar surface area (TPSA) is 87.7 Å². The zero-order valence-corrected chi connectivity index (χ0v) is 15.6. The number of amides is 1. The molecule has 0 saturated heterocycles. The molecular formula is C17H18N4O2S2. The standard InChI is InChI=1S/C17H18N4O2S2/c1-10-11(2)25-17-14(10)16(23)20-13(21-17)9-24-7-6-19-15(22)12-4-3-5-18-8-12/h3-5,8H,6-7,9H2,1-2H3,(H,19,22)(H,20,21,23). The van der Waals surface area contributed by atoms with Gasteiger partial charge >= 0.3 is 0 Å². The molecule has 0 aromatic carbocycles. The summed E-state index contributed by atoms with van der Waals surface area (Å²) in [7, 11) is 0. The van der Waals surface area contributed by atoms with E-state index in [1.807, 2.05) is 13.8 Å². The lowest BCUT2D eigenvalue weighted by Gasteiger charge is -2.05. The molecule has 0 aliphatic rings. The number of hydrogen-bond donors (Lipinski definition) is 2. The predicted molar refractivity (Wildman–Crippen MR) is 102 cm³/mol. The molecule has 0 unspecified atom stereocenters. The van der Waals surface area contributed by atoms with E-state index in [9.17, 15) is 9.59 Å². The van der Waals surface area contributed by atoms with Crippen molar-refractivity contribution in [1.82, 2.24) is 20.3 Å². The Morgan fingerprint density at radius 3 is 3.00 bits per heavy atom. The number of fused-ring (bicyclic) bond motifs is 1. The zero-order valence-electron chi connectivity index (χ0n) is 14.0. The Hall–Kier alpha value is -2.19. The number of aryl methyl sites for hydroxylation is 2. The molecule has 6 nitrogen and oxygen atoms in total. The van der Waals surface area contributed by atoms with E-state index >= 15 is 0 Å². The van der Waals surface area contributed by atoms with Crippen LogP contribution in [0.2, 0.25) is 0 Å². The summed E-state index contributed by atoms with van der Waals surface area (Å²) in [6, 6.07) is 3.46. The van der Waals surface area contributed by atoms with Crippen molar-refractivity contribution < 1.29 is 4.79 Å². The highest BCUT2D eigenvalue weighted by atomic mass is 32.2. The van der Waals surface area contributed by atoms with Gasteiger partial charge in [-0.05, 0) is 31.5 Å². The molecular weight excluding hydrogens is 356 g/mol. The predicted octanol–water partition coefficient (Wildman–Crippen LogP) is 2.66. The summed E-state index contributed by atoms with van der Waals surface area (Å²) in [5.41, 5.74) is 1.48. The number of thiophene rings is 1. The molecule has 3 rings (SSSR count). The number of aromatic amines is 1. The van der Waals surface area contributed by atoms with E-state index in [4.69, 9.17) is 0 Å². The summed E-state index contributed by atoms with van der Waals surface area (Å²) in [5.74, 6) is 1.87. The van der Waals surface area contributed by atoms with Crippen LogP contribution >= 0.6 is 23.1 Å². The van der Waals surface area contributed by atoms with E-state index in [2.05, 4.69) is 20.3 Å². The average Bonchev–Trinajstić information content (AvgIpc) is 2.89. The highest BCUT2D eigenvalue weighted by Crippen LogP contribution is 2.26. The Morgan fingerprint density at radius 1 is 1.40 bits per heavy atom. The number of nitrogens with zero attached hydrogens (tertiary/aromatic N) is 2. The fraction of sp³-hybridized carbons (Fsp3) is 0.294. The maximum absolute atomic E-state index is 12.2. The summed E-state index contributed by atoms with van der Waals surface area (Å²) < 4.78 is 0. The van der Waals surface area contributed by atoms with Gasteiger partial charge in [-0.1, -0.05) is 0 Å². The highest BCUT2D eigenvalue weighted by Gasteiger charge is 2.11. The van der Waals surface area contributed by atoms with Gasteiger partial charge in [-0.2, -0.15) is 11.8 Å². The van der Waals surface area contributed by atoms with Crippen molar-refractivity contribution in [3.05, 3.63) is 56.7 Å². The number of carbonyl (C=O) groups is 1. The van der Waals surface area contributed by atoms with Gasteiger partial charge in [0, 0.05) is 29.6 Å². The summed E-state index contributed by atoms with van der Waals surface area (Å²) in [4.78, 5) is 37.3. The normalized spacial score (nSPS) is 11.0. The number of carbonyl (C=O) groups excluding carboxylic acids is 1. The number of rotatable bonds is 6. The lowest BCUT2D eigenvalue weighted by molar-refractivity contribution is 0.0956. The lowest BCUT2D eigenvalue weighted by Crippen LogP contribution is -2.25. The summed E-state index contributed by atoms with van der Waals surface area (Å²) in [6.45, 7) is 4.49. The minimum Gasteiger partial charge on any atom is -0.351 e. The van der Waals surface area contributed by atoms with Gasteiger partial charge in [0.15, 0.2) is 0 Å². The van der Waals surface area contributed by atoms with Crippen LogP contribution < -0.4 is 10.9 Å². The lowest BCUT2D eigenvalue weighted by atomic mass is 10.2. The second-order valence-electron chi connectivity index (χ2n) is 5.53. The number of hydrogen-bond acceptors (Lipinski definition) is 6. The first-order chi connectivity index (χ1) is 12.1. The van der Waals surface area contributed by atoms with Crippen LogP contribution in [0, 0.1) is 13.8 Å². The van der Waals surface area contributed by atoms with Crippen LogP contribution in [0.4, 0.5) is 0 Å². The van der Waals surface area contributed by atoms with Crippen LogP contribution in [0.25, 0.3) is 10.2 Å². The van der Waals surface area contributed by atoms with Crippen molar-refractivity contribution in [3.63, 3.8) is 0 Å².